The monoisotopic (exact) mass is 343 g/mol. The second kappa shape index (κ2) is 6.20. The molecule has 3 atom stereocenters. The van der Waals surface area contributed by atoms with Gasteiger partial charge in [0, 0.05) is 19.9 Å². The van der Waals surface area contributed by atoms with E-state index in [1.807, 2.05) is 4.90 Å². The van der Waals surface area contributed by atoms with E-state index in [1.54, 1.807) is 42.7 Å². The zero-order valence-corrected chi connectivity index (χ0v) is 14.1. The molecule has 1 amide bonds. The summed E-state index contributed by atoms with van der Waals surface area (Å²) >= 11 is 0. The van der Waals surface area contributed by atoms with Gasteiger partial charge in [-0.3, -0.25) is 9.36 Å². The standard InChI is InChI=1S/C17H21N5O3/c1-25-17-5-4-13(23)8-14(17)22(7-6-17)16(24)12-2-3-15(18-9-12)21-10-19-20-11-21/h2-3,9-11,13-14,23H,4-8H2,1H3/t13-,14-,17+/m1/s1. The number of carbonyl (C=O) groups is 1. The average Bonchev–Trinajstić information content (AvgIpc) is 3.30. The van der Waals surface area contributed by atoms with Crippen molar-refractivity contribution in [1.29, 1.82) is 0 Å². The molecule has 1 aliphatic carbocycles. The Balaban J connectivity index is 1.56. The van der Waals surface area contributed by atoms with Gasteiger partial charge in [-0.15, -0.1) is 10.2 Å². The number of fused-ring (bicyclic) bond motifs is 1. The zero-order valence-electron chi connectivity index (χ0n) is 14.1. The van der Waals surface area contributed by atoms with Crippen LogP contribution in [0.15, 0.2) is 31.0 Å². The molecule has 8 nitrogen and oxygen atoms in total. The molecule has 1 aliphatic heterocycles. The maximum absolute atomic E-state index is 13.0. The van der Waals surface area contributed by atoms with Crippen molar-refractivity contribution >= 4 is 5.91 Å². The lowest BCUT2D eigenvalue weighted by molar-refractivity contribution is -0.0824. The van der Waals surface area contributed by atoms with E-state index in [1.165, 1.54) is 0 Å². The van der Waals surface area contributed by atoms with Crippen LogP contribution in [0.25, 0.3) is 5.82 Å². The average molecular weight is 343 g/mol. The Morgan fingerprint density at radius 2 is 2.12 bits per heavy atom. The Morgan fingerprint density at radius 3 is 2.80 bits per heavy atom. The lowest BCUT2D eigenvalue weighted by atomic mass is 9.79. The van der Waals surface area contributed by atoms with Crippen LogP contribution >= 0.6 is 0 Å². The van der Waals surface area contributed by atoms with Gasteiger partial charge in [0.25, 0.3) is 5.91 Å². The van der Waals surface area contributed by atoms with Gasteiger partial charge in [-0.05, 0) is 37.8 Å². The van der Waals surface area contributed by atoms with E-state index in [0.717, 1.165) is 19.3 Å². The normalized spacial score (nSPS) is 28.8. The van der Waals surface area contributed by atoms with Crippen LogP contribution < -0.4 is 0 Å². The summed E-state index contributed by atoms with van der Waals surface area (Å²) in [7, 11) is 1.70. The van der Waals surface area contributed by atoms with Crippen molar-refractivity contribution in [2.24, 2.45) is 0 Å². The molecule has 2 fully saturated rings. The minimum absolute atomic E-state index is 0.0687. The van der Waals surface area contributed by atoms with E-state index in [2.05, 4.69) is 15.2 Å². The second-order valence-corrected chi connectivity index (χ2v) is 6.74. The van der Waals surface area contributed by atoms with E-state index in [9.17, 15) is 9.90 Å². The highest BCUT2D eigenvalue weighted by atomic mass is 16.5. The first-order valence-corrected chi connectivity index (χ1v) is 8.48. The minimum Gasteiger partial charge on any atom is -0.393 e. The highest BCUT2D eigenvalue weighted by Crippen LogP contribution is 2.42. The molecule has 0 aromatic carbocycles. The highest BCUT2D eigenvalue weighted by molar-refractivity contribution is 5.94. The van der Waals surface area contributed by atoms with Gasteiger partial charge in [-0.2, -0.15) is 0 Å². The van der Waals surface area contributed by atoms with E-state index >= 15 is 0 Å². The molecule has 0 unspecified atom stereocenters. The number of likely N-dealkylation sites (tertiary alicyclic amines) is 1. The van der Waals surface area contributed by atoms with Crippen molar-refractivity contribution in [1.82, 2.24) is 24.6 Å². The van der Waals surface area contributed by atoms with Crippen molar-refractivity contribution in [3.05, 3.63) is 36.5 Å². The van der Waals surface area contributed by atoms with Crippen LogP contribution in [0.5, 0.6) is 0 Å². The molecule has 1 saturated heterocycles. The number of carbonyl (C=O) groups excluding carboxylic acids is 1. The summed E-state index contributed by atoms with van der Waals surface area (Å²) in [5.74, 6) is 0.586. The molecule has 4 rings (SSSR count). The van der Waals surface area contributed by atoms with Crippen molar-refractivity contribution in [2.45, 2.75) is 43.4 Å². The SMILES string of the molecule is CO[C@]12CC[C@@H](O)C[C@H]1N(C(=O)c1ccc(-n3cnnc3)nc1)CC2. The van der Waals surface area contributed by atoms with Gasteiger partial charge in [0.2, 0.25) is 0 Å². The van der Waals surface area contributed by atoms with Crippen molar-refractivity contribution < 1.29 is 14.6 Å². The van der Waals surface area contributed by atoms with Crippen LogP contribution in [0.4, 0.5) is 0 Å². The first-order chi connectivity index (χ1) is 12.1. The first kappa shape index (κ1) is 16.2. The van der Waals surface area contributed by atoms with Gasteiger partial charge in [-0.1, -0.05) is 0 Å². The number of amides is 1. The number of rotatable bonds is 3. The summed E-state index contributed by atoms with van der Waals surface area (Å²) in [5.41, 5.74) is 0.203. The quantitative estimate of drug-likeness (QED) is 0.886. The van der Waals surface area contributed by atoms with Crippen LogP contribution in [-0.2, 0) is 4.74 Å². The molecule has 0 radical (unpaired) electrons. The molecule has 0 bridgehead atoms. The molecule has 0 spiro atoms. The predicted molar refractivity (Wildman–Crippen MR) is 88.2 cm³/mol. The van der Waals surface area contributed by atoms with Gasteiger partial charge in [0.1, 0.15) is 18.5 Å². The molecule has 1 saturated carbocycles. The van der Waals surface area contributed by atoms with Crippen LogP contribution in [0.3, 0.4) is 0 Å². The van der Waals surface area contributed by atoms with E-state index in [0.29, 0.717) is 24.3 Å². The fourth-order valence-electron chi connectivity index (χ4n) is 4.07. The van der Waals surface area contributed by atoms with Crippen molar-refractivity contribution in [3.8, 4) is 5.82 Å². The van der Waals surface area contributed by atoms with Crippen LogP contribution in [0.2, 0.25) is 0 Å². The Kier molecular flexibility index (Phi) is 4.01. The van der Waals surface area contributed by atoms with Crippen molar-refractivity contribution in [2.75, 3.05) is 13.7 Å². The number of ether oxygens (including phenoxy) is 1. The molecule has 2 aromatic heterocycles. The summed E-state index contributed by atoms with van der Waals surface area (Å²) < 4.78 is 7.48. The Hall–Kier alpha value is -2.32. The van der Waals surface area contributed by atoms with Crippen LogP contribution in [-0.4, -0.2) is 67.1 Å². The van der Waals surface area contributed by atoms with Crippen molar-refractivity contribution in [3.63, 3.8) is 0 Å². The second-order valence-electron chi connectivity index (χ2n) is 6.74. The molecule has 2 aliphatic rings. The third-order valence-electron chi connectivity index (χ3n) is 5.50. The number of pyridine rings is 1. The lowest BCUT2D eigenvalue weighted by Gasteiger charge is -2.42. The molecule has 3 heterocycles. The summed E-state index contributed by atoms with van der Waals surface area (Å²) in [5, 5.41) is 17.6. The first-order valence-electron chi connectivity index (χ1n) is 8.48. The van der Waals surface area contributed by atoms with E-state index < -0.39 is 0 Å². The Morgan fingerprint density at radius 1 is 1.32 bits per heavy atom. The van der Waals surface area contributed by atoms with Crippen LogP contribution in [0, 0.1) is 0 Å². The summed E-state index contributed by atoms with van der Waals surface area (Å²) in [6.07, 6.45) is 7.18. The predicted octanol–water partition coefficient (Wildman–Crippen LogP) is 0.807. The fraction of sp³-hybridized carbons (Fsp3) is 0.529. The zero-order chi connectivity index (χ0) is 17.4. The topological polar surface area (TPSA) is 93.4 Å². The number of aromatic nitrogens is 4. The maximum Gasteiger partial charge on any atom is 0.255 e. The molecule has 2 aromatic rings. The molecule has 25 heavy (non-hydrogen) atoms. The van der Waals surface area contributed by atoms with E-state index in [4.69, 9.17) is 4.74 Å². The van der Waals surface area contributed by atoms with E-state index in [-0.39, 0.29) is 23.7 Å². The van der Waals surface area contributed by atoms with Gasteiger partial charge in [0.05, 0.1) is 23.3 Å². The minimum atomic E-state index is -0.379. The Labute approximate surface area is 145 Å². The Bertz CT molecular complexity index is 748. The summed E-state index contributed by atoms with van der Waals surface area (Å²) in [6, 6.07) is 3.44. The molecule has 1 N–H and O–H groups in total. The van der Waals surface area contributed by atoms with Crippen LogP contribution in [0.1, 0.15) is 36.0 Å². The number of hydrogen-bond acceptors (Lipinski definition) is 6. The third-order valence-corrected chi connectivity index (χ3v) is 5.50. The largest absolute Gasteiger partial charge is 0.393 e. The lowest BCUT2D eigenvalue weighted by Crippen LogP contribution is -2.52. The van der Waals surface area contributed by atoms with Gasteiger partial charge in [0.15, 0.2) is 0 Å². The number of nitrogens with zero attached hydrogens (tertiary/aromatic N) is 5. The molecular formula is C17H21N5O3. The smallest absolute Gasteiger partial charge is 0.255 e. The number of aliphatic hydroxyl groups excluding tert-OH is 1. The highest BCUT2D eigenvalue weighted by Gasteiger charge is 2.52. The summed E-state index contributed by atoms with van der Waals surface area (Å²) in [6.45, 7) is 0.636. The van der Waals surface area contributed by atoms with Gasteiger partial charge < -0.3 is 14.7 Å². The fourth-order valence-corrected chi connectivity index (χ4v) is 4.07. The number of methoxy groups -OCH3 is 1. The van der Waals surface area contributed by atoms with Gasteiger partial charge >= 0.3 is 0 Å². The summed E-state index contributed by atoms with van der Waals surface area (Å²) in [4.78, 5) is 19.1. The molecule has 132 valence electrons. The van der Waals surface area contributed by atoms with Gasteiger partial charge in [-0.25, -0.2) is 4.98 Å². The molecule has 8 heteroatoms. The number of hydrogen-bond donors (Lipinski definition) is 1. The maximum atomic E-state index is 13.0. The third kappa shape index (κ3) is 2.71. The molecular weight excluding hydrogens is 322 g/mol. The number of aliphatic hydroxyl groups is 1.